The third-order valence-corrected chi connectivity index (χ3v) is 3.62. The summed E-state index contributed by atoms with van der Waals surface area (Å²) >= 11 is 1.77. The smallest absolute Gasteiger partial charge is 0.0342 e. The quantitative estimate of drug-likeness (QED) is 0.640. The second-order valence-corrected chi connectivity index (χ2v) is 4.74. The van der Waals surface area contributed by atoms with Crippen LogP contribution in [-0.2, 0) is 0 Å². The van der Waals surface area contributed by atoms with Crippen molar-refractivity contribution in [3.8, 4) is 21.6 Å². The van der Waals surface area contributed by atoms with Crippen LogP contribution >= 0.6 is 11.3 Å². The Hall–Kier alpha value is -1.93. The van der Waals surface area contributed by atoms with Crippen molar-refractivity contribution in [1.29, 1.82) is 0 Å². The van der Waals surface area contributed by atoms with Gasteiger partial charge >= 0.3 is 0 Å². The SMILES string of the molecule is c1csc(-c2ccc(-c3ccncc3)cc2)c1. The van der Waals surface area contributed by atoms with E-state index in [1.807, 2.05) is 24.5 Å². The normalized spacial score (nSPS) is 10.4. The highest BCUT2D eigenvalue weighted by atomic mass is 32.1. The van der Waals surface area contributed by atoms with Gasteiger partial charge < -0.3 is 0 Å². The first-order valence-electron chi connectivity index (χ1n) is 5.48. The molecular weight excluding hydrogens is 226 g/mol. The molecule has 0 aliphatic rings. The van der Waals surface area contributed by atoms with Crippen LogP contribution in [0.3, 0.4) is 0 Å². The fourth-order valence-corrected chi connectivity index (χ4v) is 2.55. The lowest BCUT2D eigenvalue weighted by molar-refractivity contribution is 1.33. The maximum absolute atomic E-state index is 4.03. The second-order valence-electron chi connectivity index (χ2n) is 3.79. The highest BCUT2D eigenvalue weighted by Crippen LogP contribution is 2.27. The number of benzene rings is 1. The van der Waals surface area contributed by atoms with E-state index in [2.05, 4.69) is 46.8 Å². The Bertz CT molecular complexity index is 583. The van der Waals surface area contributed by atoms with E-state index in [4.69, 9.17) is 0 Å². The highest BCUT2D eigenvalue weighted by Gasteiger charge is 2.00. The molecule has 0 aliphatic carbocycles. The molecule has 2 heterocycles. The molecule has 0 aliphatic heterocycles. The molecule has 82 valence electrons. The van der Waals surface area contributed by atoms with E-state index in [0.717, 1.165) is 0 Å². The molecule has 0 radical (unpaired) electrons. The zero-order valence-corrected chi connectivity index (χ0v) is 10.0. The molecular formula is C15H11NS. The molecule has 0 unspecified atom stereocenters. The standard InChI is InChI=1S/C15H11NS/c1-2-15(17-11-1)14-5-3-12(4-6-14)13-7-9-16-10-8-13/h1-11H. The monoisotopic (exact) mass is 237 g/mol. The Morgan fingerprint density at radius 1 is 0.706 bits per heavy atom. The zero-order valence-electron chi connectivity index (χ0n) is 9.21. The van der Waals surface area contributed by atoms with E-state index < -0.39 is 0 Å². The first-order valence-corrected chi connectivity index (χ1v) is 6.36. The molecule has 1 aromatic carbocycles. The van der Waals surface area contributed by atoms with Gasteiger partial charge in [-0.15, -0.1) is 11.3 Å². The van der Waals surface area contributed by atoms with Crippen LogP contribution < -0.4 is 0 Å². The average molecular weight is 237 g/mol. The van der Waals surface area contributed by atoms with Crippen molar-refractivity contribution >= 4 is 11.3 Å². The Morgan fingerprint density at radius 3 is 2.00 bits per heavy atom. The first kappa shape index (κ1) is 10.2. The van der Waals surface area contributed by atoms with Crippen LogP contribution in [0.4, 0.5) is 0 Å². The van der Waals surface area contributed by atoms with Crippen LogP contribution in [0.15, 0.2) is 66.3 Å². The summed E-state index contributed by atoms with van der Waals surface area (Å²) < 4.78 is 0. The van der Waals surface area contributed by atoms with E-state index in [0.29, 0.717) is 0 Å². The Kier molecular flexibility index (Phi) is 2.72. The second kappa shape index (κ2) is 4.52. The van der Waals surface area contributed by atoms with E-state index in [9.17, 15) is 0 Å². The van der Waals surface area contributed by atoms with E-state index in [1.54, 1.807) is 11.3 Å². The predicted molar refractivity (Wildman–Crippen MR) is 73.0 cm³/mol. The number of hydrogen-bond donors (Lipinski definition) is 0. The minimum Gasteiger partial charge on any atom is -0.265 e. The maximum atomic E-state index is 4.03. The van der Waals surface area contributed by atoms with E-state index >= 15 is 0 Å². The summed E-state index contributed by atoms with van der Waals surface area (Å²) in [4.78, 5) is 5.34. The van der Waals surface area contributed by atoms with Crippen molar-refractivity contribution in [2.45, 2.75) is 0 Å². The molecule has 3 aromatic rings. The molecule has 17 heavy (non-hydrogen) atoms. The third-order valence-electron chi connectivity index (χ3n) is 2.70. The molecule has 0 saturated heterocycles. The van der Waals surface area contributed by atoms with Gasteiger partial charge in [-0.3, -0.25) is 4.98 Å². The molecule has 2 aromatic heterocycles. The minimum absolute atomic E-state index is 1.21. The van der Waals surface area contributed by atoms with Crippen molar-refractivity contribution in [3.63, 3.8) is 0 Å². The zero-order chi connectivity index (χ0) is 11.5. The van der Waals surface area contributed by atoms with Crippen molar-refractivity contribution in [2.75, 3.05) is 0 Å². The molecule has 1 nitrogen and oxygen atoms in total. The van der Waals surface area contributed by atoms with E-state index in [-0.39, 0.29) is 0 Å². The van der Waals surface area contributed by atoms with Gasteiger partial charge in [0.2, 0.25) is 0 Å². The summed E-state index contributed by atoms with van der Waals surface area (Å²) in [5.41, 5.74) is 3.71. The van der Waals surface area contributed by atoms with Gasteiger partial charge in [0.25, 0.3) is 0 Å². The maximum Gasteiger partial charge on any atom is 0.0342 e. The molecule has 0 N–H and O–H groups in total. The van der Waals surface area contributed by atoms with Gasteiger partial charge in [-0.25, -0.2) is 0 Å². The van der Waals surface area contributed by atoms with Crippen molar-refractivity contribution < 1.29 is 0 Å². The molecule has 0 amide bonds. The van der Waals surface area contributed by atoms with Crippen molar-refractivity contribution in [2.24, 2.45) is 0 Å². The van der Waals surface area contributed by atoms with Gasteiger partial charge in [-0.2, -0.15) is 0 Å². The van der Waals surface area contributed by atoms with Crippen LogP contribution in [0.25, 0.3) is 21.6 Å². The molecule has 0 bridgehead atoms. The third kappa shape index (κ3) is 2.12. The van der Waals surface area contributed by atoms with Gasteiger partial charge in [-0.1, -0.05) is 30.3 Å². The van der Waals surface area contributed by atoms with Gasteiger partial charge in [0.05, 0.1) is 0 Å². The molecule has 0 saturated carbocycles. The fraction of sp³-hybridized carbons (Fsp3) is 0. The van der Waals surface area contributed by atoms with Crippen LogP contribution in [0.2, 0.25) is 0 Å². The number of pyridine rings is 1. The summed E-state index contributed by atoms with van der Waals surface area (Å²) in [5, 5.41) is 2.10. The number of hydrogen-bond acceptors (Lipinski definition) is 2. The fourth-order valence-electron chi connectivity index (χ4n) is 1.81. The average Bonchev–Trinajstić information content (AvgIpc) is 2.94. The Labute approximate surface area is 104 Å². The summed E-state index contributed by atoms with van der Waals surface area (Å²) in [6.07, 6.45) is 3.64. The number of thiophene rings is 1. The molecule has 0 atom stereocenters. The Morgan fingerprint density at radius 2 is 1.35 bits per heavy atom. The summed E-state index contributed by atoms with van der Waals surface area (Å²) in [6, 6.07) is 16.9. The predicted octanol–water partition coefficient (Wildman–Crippen LogP) is 4.48. The van der Waals surface area contributed by atoms with Gasteiger partial charge in [-0.05, 0) is 40.3 Å². The molecule has 0 spiro atoms. The molecule has 3 rings (SSSR count). The summed E-state index contributed by atoms with van der Waals surface area (Å²) in [5.74, 6) is 0. The van der Waals surface area contributed by atoms with Crippen LogP contribution in [0.5, 0.6) is 0 Å². The van der Waals surface area contributed by atoms with Gasteiger partial charge in [0.1, 0.15) is 0 Å². The number of rotatable bonds is 2. The van der Waals surface area contributed by atoms with Gasteiger partial charge in [0.15, 0.2) is 0 Å². The largest absolute Gasteiger partial charge is 0.265 e. The lowest BCUT2D eigenvalue weighted by atomic mass is 10.0. The topological polar surface area (TPSA) is 12.9 Å². The van der Waals surface area contributed by atoms with Crippen LogP contribution in [-0.4, -0.2) is 4.98 Å². The summed E-state index contributed by atoms with van der Waals surface area (Å²) in [7, 11) is 0. The lowest BCUT2D eigenvalue weighted by Gasteiger charge is -2.02. The summed E-state index contributed by atoms with van der Waals surface area (Å²) in [6.45, 7) is 0. The van der Waals surface area contributed by atoms with Crippen LogP contribution in [0.1, 0.15) is 0 Å². The lowest BCUT2D eigenvalue weighted by Crippen LogP contribution is -1.78. The van der Waals surface area contributed by atoms with Crippen LogP contribution in [0, 0.1) is 0 Å². The van der Waals surface area contributed by atoms with Crippen molar-refractivity contribution in [1.82, 2.24) is 4.98 Å². The number of aromatic nitrogens is 1. The molecule has 0 fully saturated rings. The minimum atomic E-state index is 1.21. The van der Waals surface area contributed by atoms with Gasteiger partial charge in [0, 0.05) is 17.3 Å². The number of nitrogens with zero attached hydrogens (tertiary/aromatic N) is 1. The highest BCUT2D eigenvalue weighted by molar-refractivity contribution is 7.13. The van der Waals surface area contributed by atoms with Crippen molar-refractivity contribution in [3.05, 3.63) is 66.3 Å². The Balaban J connectivity index is 1.96. The molecule has 2 heteroatoms. The van der Waals surface area contributed by atoms with E-state index in [1.165, 1.54) is 21.6 Å². The first-order chi connectivity index (χ1) is 8.43.